The lowest BCUT2D eigenvalue weighted by Gasteiger charge is -2.23. The number of fused-ring (bicyclic) bond motifs is 9. The number of hydrogen-bond acceptors (Lipinski definition) is 1. The molecule has 1 heteroatoms. The fourth-order valence-corrected chi connectivity index (χ4v) is 10.3. The first-order chi connectivity index (χ1) is 25.5. The molecule has 0 amide bonds. The van der Waals surface area contributed by atoms with Crippen LogP contribution in [0.3, 0.4) is 0 Å². The molecule has 0 radical (unpaired) electrons. The molecular formula is C51H34S. The van der Waals surface area contributed by atoms with E-state index in [2.05, 4.69) is 184 Å². The Morgan fingerprint density at radius 3 is 1.83 bits per heavy atom. The van der Waals surface area contributed by atoms with Crippen molar-refractivity contribution in [3.63, 3.8) is 0 Å². The molecule has 1 heterocycles. The Morgan fingerprint density at radius 2 is 0.942 bits per heavy atom. The summed E-state index contributed by atoms with van der Waals surface area (Å²) < 4.78 is 2.66. The topological polar surface area (TPSA) is 0 Å². The van der Waals surface area contributed by atoms with Crippen molar-refractivity contribution in [1.29, 1.82) is 0 Å². The molecule has 0 N–H and O–H groups in total. The van der Waals surface area contributed by atoms with E-state index in [1.807, 2.05) is 11.3 Å². The number of hydrogen-bond donors (Lipinski definition) is 0. The molecule has 52 heavy (non-hydrogen) atoms. The lowest BCUT2D eigenvalue weighted by atomic mass is 9.80. The summed E-state index contributed by atoms with van der Waals surface area (Å²) in [6.07, 6.45) is 0. The van der Waals surface area contributed by atoms with E-state index in [4.69, 9.17) is 0 Å². The van der Waals surface area contributed by atoms with Gasteiger partial charge in [0, 0.05) is 25.6 Å². The Labute approximate surface area is 307 Å². The Bertz CT molecular complexity index is 3100. The molecule has 1 aliphatic rings. The molecule has 9 aromatic carbocycles. The molecule has 0 unspecified atom stereocenters. The van der Waals surface area contributed by atoms with Gasteiger partial charge in [-0.15, -0.1) is 11.3 Å². The monoisotopic (exact) mass is 678 g/mol. The van der Waals surface area contributed by atoms with Crippen LogP contribution in [-0.2, 0) is 5.41 Å². The van der Waals surface area contributed by atoms with Crippen LogP contribution < -0.4 is 0 Å². The first-order valence-corrected chi connectivity index (χ1v) is 19.0. The van der Waals surface area contributed by atoms with E-state index >= 15 is 0 Å². The minimum absolute atomic E-state index is 0.0809. The molecule has 10 aromatic rings. The van der Waals surface area contributed by atoms with Crippen LogP contribution in [0.5, 0.6) is 0 Å². The van der Waals surface area contributed by atoms with E-state index in [1.165, 1.54) is 108 Å². The lowest BCUT2D eigenvalue weighted by Crippen LogP contribution is -2.14. The summed E-state index contributed by atoms with van der Waals surface area (Å²) in [5.41, 5.74) is 13.1. The normalized spacial score (nSPS) is 13.3. The van der Waals surface area contributed by atoms with Gasteiger partial charge in [-0.05, 0) is 118 Å². The van der Waals surface area contributed by atoms with Gasteiger partial charge >= 0.3 is 0 Å². The molecule has 0 saturated heterocycles. The van der Waals surface area contributed by atoms with Gasteiger partial charge in [0.15, 0.2) is 0 Å². The van der Waals surface area contributed by atoms with E-state index in [0.29, 0.717) is 0 Å². The largest absolute Gasteiger partial charge is 0.135 e. The van der Waals surface area contributed by atoms with Crippen LogP contribution in [0.1, 0.15) is 25.0 Å². The van der Waals surface area contributed by atoms with Crippen LogP contribution in [0, 0.1) is 0 Å². The third-order valence-corrected chi connectivity index (χ3v) is 12.8. The van der Waals surface area contributed by atoms with Crippen molar-refractivity contribution in [3.8, 4) is 44.5 Å². The fourth-order valence-electron chi connectivity index (χ4n) is 9.17. The minimum Gasteiger partial charge on any atom is -0.135 e. The van der Waals surface area contributed by atoms with Crippen LogP contribution in [0.2, 0.25) is 0 Å². The standard InChI is InChI=1S/C51H34S/c1-51(2)44-19-9-7-17-40(44)50-41(18-11-20-45(50)51)49-38-16-6-5-15-37(38)48(35-25-27-47-42(30-35)36-14-8-10-21-46(36)52-47)39-26-24-34(29-43(39)49)33-23-22-31-12-3-4-13-32(31)28-33/h3-30H,1-2H3. The summed E-state index contributed by atoms with van der Waals surface area (Å²) in [6, 6.07) is 63.8. The van der Waals surface area contributed by atoms with E-state index in [0.717, 1.165) is 0 Å². The van der Waals surface area contributed by atoms with Crippen LogP contribution in [0.4, 0.5) is 0 Å². The average molecular weight is 679 g/mol. The molecule has 11 rings (SSSR count). The highest BCUT2D eigenvalue weighted by atomic mass is 32.1. The Kier molecular flexibility index (Phi) is 6.27. The van der Waals surface area contributed by atoms with Gasteiger partial charge in [-0.3, -0.25) is 0 Å². The van der Waals surface area contributed by atoms with Crippen molar-refractivity contribution >= 4 is 63.8 Å². The van der Waals surface area contributed by atoms with E-state index in [9.17, 15) is 0 Å². The summed E-state index contributed by atoms with van der Waals surface area (Å²) in [6.45, 7) is 4.76. The second-order valence-corrected chi connectivity index (χ2v) is 15.9. The summed E-state index contributed by atoms with van der Waals surface area (Å²) in [7, 11) is 0. The third-order valence-electron chi connectivity index (χ3n) is 11.6. The second-order valence-electron chi connectivity index (χ2n) is 14.8. The smallest absolute Gasteiger partial charge is 0.0355 e. The molecule has 0 saturated carbocycles. The highest BCUT2D eigenvalue weighted by Gasteiger charge is 2.37. The van der Waals surface area contributed by atoms with E-state index in [1.54, 1.807) is 0 Å². The van der Waals surface area contributed by atoms with E-state index < -0.39 is 0 Å². The quantitative estimate of drug-likeness (QED) is 0.163. The van der Waals surface area contributed by atoms with Crippen molar-refractivity contribution in [1.82, 2.24) is 0 Å². The van der Waals surface area contributed by atoms with Gasteiger partial charge in [0.1, 0.15) is 0 Å². The zero-order valence-electron chi connectivity index (χ0n) is 29.1. The predicted octanol–water partition coefficient (Wildman–Crippen LogP) is 14.8. The summed E-state index contributed by atoms with van der Waals surface area (Å²) in [5, 5.41) is 10.3. The SMILES string of the molecule is CC1(C)c2ccccc2-c2c(-c3c4ccccc4c(-c4ccc5sc6ccccc6c5c4)c4ccc(-c5ccc6ccccc6c5)cc34)cccc21. The zero-order chi connectivity index (χ0) is 34.6. The molecule has 0 nitrogen and oxygen atoms in total. The summed E-state index contributed by atoms with van der Waals surface area (Å²) in [4.78, 5) is 0. The Hall–Kier alpha value is -6.02. The van der Waals surface area contributed by atoms with Gasteiger partial charge < -0.3 is 0 Å². The molecule has 0 aliphatic heterocycles. The maximum Gasteiger partial charge on any atom is 0.0355 e. The van der Waals surface area contributed by atoms with Gasteiger partial charge in [0.05, 0.1) is 0 Å². The highest BCUT2D eigenvalue weighted by Crippen LogP contribution is 2.55. The molecule has 0 spiro atoms. The van der Waals surface area contributed by atoms with Crippen LogP contribution >= 0.6 is 11.3 Å². The van der Waals surface area contributed by atoms with Crippen molar-refractivity contribution < 1.29 is 0 Å². The summed E-state index contributed by atoms with van der Waals surface area (Å²) >= 11 is 1.88. The van der Waals surface area contributed by atoms with Gasteiger partial charge in [0.2, 0.25) is 0 Å². The van der Waals surface area contributed by atoms with Crippen LogP contribution in [0.25, 0.3) is 97.0 Å². The maximum atomic E-state index is 2.47. The van der Waals surface area contributed by atoms with Crippen molar-refractivity contribution in [2.75, 3.05) is 0 Å². The second kappa shape index (κ2) is 11.0. The lowest BCUT2D eigenvalue weighted by molar-refractivity contribution is 0.660. The van der Waals surface area contributed by atoms with Crippen molar-refractivity contribution in [2.24, 2.45) is 0 Å². The molecule has 0 bridgehead atoms. The number of benzene rings is 9. The van der Waals surface area contributed by atoms with Gasteiger partial charge in [0.25, 0.3) is 0 Å². The predicted molar refractivity (Wildman–Crippen MR) is 226 cm³/mol. The Balaban J connectivity index is 1.27. The molecule has 244 valence electrons. The van der Waals surface area contributed by atoms with Crippen LogP contribution in [-0.4, -0.2) is 0 Å². The molecule has 0 atom stereocenters. The van der Waals surface area contributed by atoms with Crippen LogP contribution in [0.15, 0.2) is 170 Å². The Morgan fingerprint density at radius 1 is 0.346 bits per heavy atom. The minimum atomic E-state index is -0.0809. The third kappa shape index (κ3) is 4.21. The van der Waals surface area contributed by atoms with Gasteiger partial charge in [-0.2, -0.15) is 0 Å². The molecule has 0 fully saturated rings. The van der Waals surface area contributed by atoms with Gasteiger partial charge in [-0.1, -0.05) is 153 Å². The fraction of sp³-hybridized carbons (Fsp3) is 0.0588. The van der Waals surface area contributed by atoms with Gasteiger partial charge in [-0.25, -0.2) is 0 Å². The average Bonchev–Trinajstić information content (AvgIpc) is 3.68. The van der Waals surface area contributed by atoms with E-state index in [-0.39, 0.29) is 5.41 Å². The highest BCUT2D eigenvalue weighted by molar-refractivity contribution is 7.25. The number of thiophene rings is 1. The molecular weight excluding hydrogens is 645 g/mol. The molecule has 1 aliphatic carbocycles. The van der Waals surface area contributed by atoms with Crippen molar-refractivity contribution in [3.05, 3.63) is 181 Å². The first-order valence-electron chi connectivity index (χ1n) is 18.2. The van der Waals surface area contributed by atoms with Crippen molar-refractivity contribution in [2.45, 2.75) is 19.3 Å². The maximum absolute atomic E-state index is 2.47. The number of rotatable bonds is 3. The molecule has 1 aromatic heterocycles. The summed E-state index contributed by atoms with van der Waals surface area (Å²) in [5.74, 6) is 0. The zero-order valence-corrected chi connectivity index (χ0v) is 29.9. The first kappa shape index (κ1) is 29.7.